The van der Waals surface area contributed by atoms with Crippen molar-refractivity contribution in [3.05, 3.63) is 11.7 Å². The number of aryl methyl sites for hydroxylation is 1. The van der Waals surface area contributed by atoms with Crippen LogP contribution in [0, 0.1) is 0 Å². The van der Waals surface area contributed by atoms with Crippen LogP contribution in [-0.2, 0) is 16.3 Å². The van der Waals surface area contributed by atoms with Gasteiger partial charge >= 0.3 is 0 Å². The maximum Gasteiger partial charge on any atom is 0.226 e. The summed E-state index contributed by atoms with van der Waals surface area (Å²) in [6.45, 7) is 6.69. The van der Waals surface area contributed by atoms with Crippen molar-refractivity contribution in [3.8, 4) is 0 Å². The number of hydrogen-bond acceptors (Lipinski definition) is 6. The van der Waals surface area contributed by atoms with Crippen LogP contribution in [0.5, 0.6) is 0 Å². The van der Waals surface area contributed by atoms with E-state index in [0.717, 1.165) is 12.2 Å². The molecule has 0 radical (unpaired) electrons. The molecule has 1 aromatic rings. The maximum absolute atomic E-state index is 11.2. The molecule has 0 saturated heterocycles. The van der Waals surface area contributed by atoms with E-state index in [1.807, 2.05) is 20.8 Å². The Morgan fingerprint density at radius 2 is 2.04 bits per heavy atom. The van der Waals surface area contributed by atoms with E-state index in [4.69, 9.17) is 4.52 Å². The zero-order valence-corrected chi connectivity index (χ0v) is 16.0. The molecular weight excluding hydrogens is 330 g/mol. The molecule has 0 aliphatic carbocycles. The highest BCUT2D eigenvalue weighted by Crippen LogP contribution is 2.10. The van der Waals surface area contributed by atoms with Gasteiger partial charge in [-0.2, -0.15) is 4.98 Å². The second-order valence-corrected chi connectivity index (χ2v) is 8.53. The normalized spacial score (nSPS) is 14.0. The van der Waals surface area contributed by atoms with Gasteiger partial charge in [-0.1, -0.05) is 19.0 Å². The van der Waals surface area contributed by atoms with Crippen molar-refractivity contribution in [1.29, 1.82) is 0 Å². The fourth-order valence-corrected chi connectivity index (χ4v) is 2.72. The minimum Gasteiger partial charge on any atom is -0.356 e. The molecule has 1 unspecified atom stereocenters. The van der Waals surface area contributed by atoms with Crippen LogP contribution < -0.4 is 10.6 Å². The van der Waals surface area contributed by atoms with Crippen LogP contribution in [0.3, 0.4) is 0 Å². The fourth-order valence-electron chi connectivity index (χ4n) is 1.94. The SMILES string of the molecule is CN=C(NCCCc1nc(C(C)C)no1)NC(C)CCS(C)(=O)=O. The molecule has 24 heavy (non-hydrogen) atoms. The van der Waals surface area contributed by atoms with Crippen LogP contribution in [0.1, 0.15) is 51.2 Å². The van der Waals surface area contributed by atoms with Gasteiger partial charge in [0.2, 0.25) is 5.89 Å². The van der Waals surface area contributed by atoms with E-state index >= 15 is 0 Å². The molecule has 2 N–H and O–H groups in total. The first kappa shape index (κ1) is 20.4. The van der Waals surface area contributed by atoms with E-state index in [0.29, 0.717) is 31.2 Å². The van der Waals surface area contributed by atoms with Gasteiger partial charge in [0, 0.05) is 38.2 Å². The predicted molar refractivity (Wildman–Crippen MR) is 95.0 cm³/mol. The van der Waals surface area contributed by atoms with Crippen LogP contribution in [-0.4, -0.2) is 56.2 Å². The predicted octanol–water partition coefficient (Wildman–Crippen LogP) is 1.11. The molecule has 0 aliphatic rings. The average molecular weight is 359 g/mol. The molecule has 0 spiro atoms. The van der Waals surface area contributed by atoms with Crippen molar-refractivity contribution in [2.45, 2.75) is 52.0 Å². The van der Waals surface area contributed by atoms with Crippen LogP contribution in [0.25, 0.3) is 0 Å². The Labute approximate surface area is 144 Å². The van der Waals surface area contributed by atoms with E-state index in [1.165, 1.54) is 6.26 Å². The lowest BCUT2D eigenvalue weighted by Gasteiger charge is -2.17. The first-order valence-electron chi connectivity index (χ1n) is 8.18. The Bertz CT molecular complexity index is 625. The van der Waals surface area contributed by atoms with Crippen molar-refractivity contribution >= 4 is 15.8 Å². The number of sulfone groups is 1. The molecule has 0 saturated carbocycles. The lowest BCUT2D eigenvalue weighted by atomic mass is 10.2. The Morgan fingerprint density at radius 3 is 2.58 bits per heavy atom. The molecule has 0 amide bonds. The number of nitrogens with zero attached hydrogens (tertiary/aromatic N) is 3. The monoisotopic (exact) mass is 359 g/mol. The minimum absolute atomic E-state index is 0.0236. The van der Waals surface area contributed by atoms with Gasteiger partial charge in [-0.25, -0.2) is 8.42 Å². The quantitative estimate of drug-likeness (QED) is 0.386. The van der Waals surface area contributed by atoms with Gasteiger partial charge in [-0.05, 0) is 19.8 Å². The largest absolute Gasteiger partial charge is 0.356 e. The summed E-state index contributed by atoms with van der Waals surface area (Å²) < 4.78 is 27.6. The van der Waals surface area contributed by atoms with E-state index in [-0.39, 0.29) is 17.7 Å². The lowest BCUT2D eigenvalue weighted by Crippen LogP contribution is -2.43. The molecular formula is C15H29N5O3S. The second kappa shape index (κ2) is 9.61. The van der Waals surface area contributed by atoms with E-state index < -0.39 is 9.84 Å². The van der Waals surface area contributed by atoms with Gasteiger partial charge in [0.05, 0.1) is 5.75 Å². The Hall–Kier alpha value is -1.64. The standard InChI is InChI=1S/C15H29N5O3S/c1-11(2)14-19-13(23-20-14)7-6-9-17-15(16-4)18-12(3)8-10-24(5,21)22/h11-12H,6-10H2,1-5H3,(H2,16,17,18). The van der Waals surface area contributed by atoms with Crippen molar-refractivity contribution in [2.75, 3.05) is 25.6 Å². The number of hydrogen-bond donors (Lipinski definition) is 2. The van der Waals surface area contributed by atoms with Crippen LogP contribution in [0.15, 0.2) is 9.52 Å². The average Bonchev–Trinajstić information content (AvgIpc) is 2.96. The molecule has 0 fully saturated rings. The molecule has 1 heterocycles. The summed E-state index contributed by atoms with van der Waals surface area (Å²) in [4.78, 5) is 8.47. The topological polar surface area (TPSA) is 109 Å². The molecule has 8 nitrogen and oxygen atoms in total. The molecule has 0 aliphatic heterocycles. The smallest absolute Gasteiger partial charge is 0.226 e. The van der Waals surface area contributed by atoms with Crippen molar-refractivity contribution in [1.82, 2.24) is 20.8 Å². The van der Waals surface area contributed by atoms with Crippen LogP contribution in [0.2, 0.25) is 0 Å². The third-order valence-corrected chi connectivity index (χ3v) is 4.37. The third kappa shape index (κ3) is 8.28. The van der Waals surface area contributed by atoms with Gasteiger partial charge in [0.25, 0.3) is 0 Å². The molecule has 0 bridgehead atoms. The fraction of sp³-hybridized carbons (Fsp3) is 0.800. The number of rotatable bonds is 9. The zero-order chi connectivity index (χ0) is 18.2. The van der Waals surface area contributed by atoms with Crippen molar-refractivity contribution < 1.29 is 12.9 Å². The molecule has 138 valence electrons. The first-order valence-corrected chi connectivity index (χ1v) is 10.2. The number of aromatic nitrogens is 2. The Kier molecular flexibility index (Phi) is 8.17. The van der Waals surface area contributed by atoms with Gasteiger partial charge in [0.1, 0.15) is 9.84 Å². The summed E-state index contributed by atoms with van der Waals surface area (Å²) in [7, 11) is -1.26. The number of aliphatic imine (C=N–C) groups is 1. The highest BCUT2D eigenvalue weighted by atomic mass is 32.2. The number of nitrogens with one attached hydrogen (secondary N) is 2. The van der Waals surface area contributed by atoms with Gasteiger partial charge in [-0.15, -0.1) is 0 Å². The van der Waals surface area contributed by atoms with E-state index in [9.17, 15) is 8.42 Å². The van der Waals surface area contributed by atoms with E-state index in [2.05, 4.69) is 25.8 Å². The van der Waals surface area contributed by atoms with Crippen LogP contribution >= 0.6 is 0 Å². The zero-order valence-electron chi connectivity index (χ0n) is 15.2. The van der Waals surface area contributed by atoms with Gasteiger partial charge < -0.3 is 15.2 Å². The van der Waals surface area contributed by atoms with Crippen molar-refractivity contribution in [2.24, 2.45) is 4.99 Å². The summed E-state index contributed by atoms with van der Waals surface area (Å²) in [5.41, 5.74) is 0. The Morgan fingerprint density at radius 1 is 1.33 bits per heavy atom. The molecule has 1 aromatic heterocycles. The maximum atomic E-state index is 11.2. The molecule has 1 rings (SSSR count). The molecule has 0 aromatic carbocycles. The lowest BCUT2D eigenvalue weighted by molar-refractivity contribution is 0.368. The highest BCUT2D eigenvalue weighted by molar-refractivity contribution is 7.90. The Balaban J connectivity index is 2.28. The number of guanidine groups is 1. The summed E-state index contributed by atoms with van der Waals surface area (Å²) >= 11 is 0. The highest BCUT2D eigenvalue weighted by Gasteiger charge is 2.11. The minimum atomic E-state index is -2.94. The summed E-state index contributed by atoms with van der Waals surface area (Å²) in [6.07, 6.45) is 3.32. The summed E-state index contributed by atoms with van der Waals surface area (Å²) in [5.74, 6) is 2.45. The van der Waals surface area contributed by atoms with E-state index in [1.54, 1.807) is 7.05 Å². The van der Waals surface area contributed by atoms with Crippen LogP contribution in [0.4, 0.5) is 0 Å². The van der Waals surface area contributed by atoms with Crippen molar-refractivity contribution in [3.63, 3.8) is 0 Å². The van der Waals surface area contributed by atoms with Gasteiger partial charge in [-0.3, -0.25) is 4.99 Å². The van der Waals surface area contributed by atoms with Gasteiger partial charge in [0.15, 0.2) is 11.8 Å². The first-order chi connectivity index (χ1) is 11.2. The molecule has 1 atom stereocenters. The molecule has 9 heteroatoms. The second-order valence-electron chi connectivity index (χ2n) is 6.27. The third-order valence-electron chi connectivity index (χ3n) is 3.39. The summed E-state index contributed by atoms with van der Waals surface area (Å²) in [6, 6.07) is 0.0236. The summed E-state index contributed by atoms with van der Waals surface area (Å²) in [5, 5.41) is 10.3.